The largest absolute Gasteiger partial charge is 0.479 e. The molecule has 0 N–H and O–H groups in total. The molecular formula is C20H28N2O6. The van der Waals surface area contributed by atoms with Crippen molar-refractivity contribution in [1.29, 1.82) is 0 Å². The summed E-state index contributed by atoms with van der Waals surface area (Å²) in [4.78, 5) is 26.1. The van der Waals surface area contributed by atoms with Gasteiger partial charge in [-0.15, -0.1) is 0 Å². The van der Waals surface area contributed by atoms with Gasteiger partial charge < -0.3 is 18.7 Å². The van der Waals surface area contributed by atoms with Gasteiger partial charge in [0.25, 0.3) is 5.88 Å². The highest BCUT2D eigenvalue weighted by molar-refractivity contribution is 5.81. The Labute approximate surface area is 164 Å². The maximum atomic E-state index is 12.4. The van der Waals surface area contributed by atoms with Crippen LogP contribution in [-0.2, 0) is 14.3 Å². The normalized spacial score (nSPS) is 27.3. The smallest absolute Gasteiger partial charge is 0.410 e. The summed E-state index contributed by atoms with van der Waals surface area (Å²) < 4.78 is 20.3. The van der Waals surface area contributed by atoms with E-state index in [4.69, 9.17) is 18.7 Å². The van der Waals surface area contributed by atoms with Crippen molar-refractivity contribution in [3.8, 4) is 5.88 Å². The van der Waals surface area contributed by atoms with E-state index in [0.29, 0.717) is 49.0 Å². The number of aromatic nitrogens is 1. The molecule has 1 aliphatic carbocycles. The van der Waals surface area contributed by atoms with Crippen molar-refractivity contribution >= 4 is 18.1 Å². The molecule has 1 amide bonds. The standard InChI is InChI=1S/C20H28N2O6/c1-4-27-19(23)17-10-15-9-13(6-8-16-11-18(25-2)21-28-16)5-7-14(15)12-22(17)20(24)26-3/h6,8,11,13-15,17H,4-5,7,9-10,12H2,1-3H3/b8-6+. The van der Waals surface area contributed by atoms with Gasteiger partial charge in [0.05, 0.1) is 20.8 Å². The van der Waals surface area contributed by atoms with Crippen molar-refractivity contribution in [2.24, 2.45) is 17.8 Å². The first-order valence-corrected chi connectivity index (χ1v) is 9.75. The molecule has 4 atom stereocenters. The first-order chi connectivity index (χ1) is 13.5. The Morgan fingerprint density at radius 2 is 2.11 bits per heavy atom. The quantitative estimate of drug-likeness (QED) is 0.711. The third-order valence-electron chi connectivity index (χ3n) is 5.73. The number of allylic oxidation sites excluding steroid dienone is 1. The summed E-state index contributed by atoms with van der Waals surface area (Å²) in [6.07, 6.45) is 7.22. The molecular weight excluding hydrogens is 364 g/mol. The Morgan fingerprint density at radius 1 is 1.29 bits per heavy atom. The maximum Gasteiger partial charge on any atom is 0.410 e. The van der Waals surface area contributed by atoms with Gasteiger partial charge >= 0.3 is 12.1 Å². The fourth-order valence-electron chi connectivity index (χ4n) is 4.32. The zero-order valence-electron chi connectivity index (χ0n) is 16.6. The van der Waals surface area contributed by atoms with E-state index in [0.717, 1.165) is 19.3 Å². The van der Waals surface area contributed by atoms with Crippen LogP contribution < -0.4 is 4.74 Å². The number of carbonyl (C=O) groups excluding carboxylic acids is 2. The lowest BCUT2D eigenvalue weighted by Crippen LogP contribution is -2.54. The summed E-state index contributed by atoms with van der Waals surface area (Å²) in [5, 5.41) is 3.79. The molecule has 1 aromatic rings. The Balaban J connectivity index is 1.66. The van der Waals surface area contributed by atoms with Gasteiger partial charge in [-0.05, 0) is 61.6 Å². The number of methoxy groups -OCH3 is 2. The van der Waals surface area contributed by atoms with Crippen LogP contribution in [0.5, 0.6) is 5.88 Å². The number of hydrogen-bond donors (Lipinski definition) is 0. The minimum Gasteiger partial charge on any atom is -0.479 e. The molecule has 0 bridgehead atoms. The summed E-state index contributed by atoms with van der Waals surface area (Å²) >= 11 is 0. The van der Waals surface area contributed by atoms with Crippen LogP contribution in [0.1, 0.15) is 38.4 Å². The molecule has 1 saturated heterocycles. The molecule has 0 aromatic carbocycles. The molecule has 4 unspecified atom stereocenters. The lowest BCUT2D eigenvalue weighted by atomic mass is 9.69. The number of ether oxygens (including phenoxy) is 3. The average Bonchev–Trinajstić information content (AvgIpc) is 3.18. The summed E-state index contributed by atoms with van der Waals surface area (Å²) in [6.45, 7) is 2.60. The molecule has 3 rings (SSSR count). The number of esters is 1. The lowest BCUT2D eigenvalue weighted by molar-refractivity contribution is -0.152. The van der Waals surface area contributed by atoms with Crippen LogP contribution in [0.2, 0.25) is 0 Å². The minimum absolute atomic E-state index is 0.296. The molecule has 28 heavy (non-hydrogen) atoms. The maximum absolute atomic E-state index is 12.4. The zero-order valence-corrected chi connectivity index (χ0v) is 16.6. The SMILES string of the molecule is CCOC(=O)C1CC2CC(/C=C/c3cc(OC)no3)CCC2CN1C(=O)OC. The average molecular weight is 392 g/mol. The molecule has 8 nitrogen and oxygen atoms in total. The van der Waals surface area contributed by atoms with Crippen LogP contribution in [0.4, 0.5) is 4.79 Å². The van der Waals surface area contributed by atoms with E-state index in [1.807, 2.05) is 6.08 Å². The molecule has 2 aliphatic rings. The number of likely N-dealkylation sites (tertiary alicyclic amines) is 1. The Kier molecular flexibility index (Phi) is 6.59. The van der Waals surface area contributed by atoms with Crippen LogP contribution in [-0.4, -0.2) is 55.5 Å². The van der Waals surface area contributed by atoms with E-state index < -0.39 is 12.1 Å². The molecule has 1 aliphatic heterocycles. The van der Waals surface area contributed by atoms with Crippen molar-refractivity contribution in [3.63, 3.8) is 0 Å². The fraction of sp³-hybridized carbons (Fsp3) is 0.650. The minimum atomic E-state index is -0.574. The topological polar surface area (TPSA) is 91.1 Å². The van der Waals surface area contributed by atoms with E-state index in [1.165, 1.54) is 12.0 Å². The van der Waals surface area contributed by atoms with Crippen LogP contribution >= 0.6 is 0 Å². The first-order valence-electron chi connectivity index (χ1n) is 9.75. The van der Waals surface area contributed by atoms with Crippen molar-refractivity contribution in [3.05, 3.63) is 17.9 Å². The zero-order chi connectivity index (χ0) is 20.1. The van der Waals surface area contributed by atoms with Crippen molar-refractivity contribution in [2.75, 3.05) is 27.4 Å². The lowest BCUT2D eigenvalue weighted by Gasteiger charge is -2.45. The van der Waals surface area contributed by atoms with Crippen molar-refractivity contribution in [1.82, 2.24) is 10.1 Å². The van der Waals surface area contributed by atoms with Crippen molar-refractivity contribution < 1.29 is 28.3 Å². The summed E-state index contributed by atoms with van der Waals surface area (Å²) in [5.41, 5.74) is 0. The predicted octanol–water partition coefficient (Wildman–Crippen LogP) is 3.13. The predicted molar refractivity (Wildman–Crippen MR) is 101 cm³/mol. The monoisotopic (exact) mass is 392 g/mol. The molecule has 1 aromatic heterocycles. The Bertz CT molecular complexity index is 715. The van der Waals surface area contributed by atoms with Crippen LogP contribution in [0.3, 0.4) is 0 Å². The second-order valence-electron chi connectivity index (χ2n) is 7.35. The number of carbonyl (C=O) groups is 2. The number of nitrogens with zero attached hydrogens (tertiary/aromatic N) is 2. The van der Waals surface area contributed by atoms with Crippen molar-refractivity contribution in [2.45, 2.75) is 38.6 Å². The number of fused-ring (bicyclic) bond motifs is 1. The van der Waals surface area contributed by atoms with Gasteiger partial charge in [-0.25, -0.2) is 9.59 Å². The third-order valence-corrected chi connectivity index (χ3v) is 5.73. The van der Waals surface area contributed by atoms with Crippen LogP contribution in [0.25, 0.3) is 6.08 Å². The van der Waals surface area contributed by atoms with Gasteiger partial charge in [0.1, 0.15) is 6.04 Å². The summed E-state index contributed by atoms with van der Waals surface area (Å²) in [6, 6.07) is 1.17. The number of hydrogen-bond acceptors (Lipinski definition) is 7. The van der Waals surface area contributed by atoms with E-state index in [-0.39, 0.29) is 5.97 Å². The number of rotatable bonds is 5. The second-order valence-corrected chi connectivity index (χ2v) is 7.35. The fourth-order valence-corrected chi connectivity index (χ4v) is 4.32. The third kappa shape index (κ3) is 4.48. The van der Waals surface area contributed by atoms with Gasteiger partial charge in [-0.1, -0.05) is 6.08 Å². The second kappa shape index (κ2) is 9.12. The van der Waals surface area contributed by atoms with Gasteiger partial charge in [0.15, 0.2) is 5.76 Å². The van der Waals surface area contributed by atoms with Gasteiger partial charge in [-0.3, -0.25) is 4.90 Å². The highest BCUT2D eigenvalue weighted by Gasteiger charge is 2.44. The summed E-state index contributed by atoms with van der Waals surface area (Å²) in [7, 11) is 2.89. The highest BCUT2D eigenvalue weighted by Crippen LogP contribution is 2.42. The molecule has 154 valence electrons. The molecule has 0 spiro atoms. The molecule has 0 radical (unpaired) electrons. The highest BCUT2D eigenvalue weighted by atomic mass is 16.6. The first kappa shape index (κ1) is 20.2. The van der Waals surface area contributed by atoms with Crippen LogP contribution in [0.15, 0.2) is 16.7 Å². The van der Waals surface area contributed by atoms with E-state index >= 15 is 0 Å². The molecule has 2 fully saturated rings. The Hall–Kier alpha value is -2.51. The molecule has 8 heteroatoms. The number of piperidine rings is 1. The number of amides is 1. The van der Waals surface area contributed by atoms with Gasteiger partial charge in [0, 0.05) is 12.6 Å². The van der Waals surface area contributed by atoms with E-state index in [1.54, 1.807) is 20.1 Å². The van der Waals surface area contributed by atoms with Gasteiger partial charge in [-0.2, -0.15) is 0 Å². The van der Waals surface area contributed by atoms with E-state index in [2.05, 4.69) is 11.2 Å². The van der Waals surface area contributed by atoms with Crippen LogP contribution in [0, 0.1) is 17.8 Å². The molecule has 1 saturated carbocycles. The van der Waals surface area contributed by atoms with E-state index in [9.17, 15) is 9.59 Å². The Morgan fingerprint density at radius 3 is 2.79 bits per heavy atom. The summed E-state index contributed by atoms with van der Waals surface area (Å²) in [5.74, 6) is 1.89. The van der Waals surface area contributed by atoms with Gasteiger partial charge in [0.2, 0.25) is 0 Å². The molecule has 2 heterocycles.